The van der Waals surface area contributed by atoms with Crippen molar-refractivity contribution in [3.63, 3.8) is 0 Å². The van der Waals surface area contributed by atoms with Crippen molar-refractivity contribution in [2.24, 2.45) is 5.73 Å². The Morgan fingerprint density at radius 2 is 2.12 bits per heavy atom. The van der Waals surface area contributed by atoms with E-state index in [1.807, 2.05) is 36.5 Å². The van der Waals surface area contributed by atoms with Crippen molar-refractivity contribution in [2.75, 3.05) is 16.8 Å². The van der Waals surface area contributed by atoms with E-state index >= 15 is 0 Å². The molecule has 0 saturated heterocycles. The third-order valence-electron chi connectivity index (χ3n) is 4.27. The van der Waals surface area contributed by atoms with Crippen molar-refractivity contribution in [2.45, 2.75) is 26.2 Å². The molecule has 3 rings (SSSR count). The standard InChI is InChI=1S/C19H22N4O2/c1-2-3-4-10-23(19(20)25)14-7-8-15-16(11-13-6-5-9-21-13)18(24)22-17(15)12-14/h5-9,11-12,21H,2-4,10H2,1H3,(H2,20,25)(H,22,24). The van der Waals surface area contributed by atoms with Gasteiger partial charge in [0.1, 0.15) is 0 Å². The van der Waals surface area contributed by atoms with Gasteiger partial charge < -0.3 is 16.0 Å². The van der Waals surface area contributed by atoms with Gasteiger partial charge in [0, 0.05) is 29.7 Å². The number of anilines is 2. The molecule has 1 aliphatic rings. The maximum atomic E-state index is 12.3. The molecule has 0 bridgehead atoms. The number of hydrogen-bond donors (Lipinski definition) is 3. The van der Waals surface area contributed by atoms with Gasteiger partial charge in [-0.3, -0.25) is 9.69 Å². The summed E-state index contributed by atoms with van der Waals surface area (Å²) >= 11 is 0. The highest BCUT2D eigenvalue weighted by Gasteiger charge is 2.25. The summed E-state index contributed by atoms with van der Waals surface area (Å²) in [6.45, 7) is 2.68. The molecule has 0 unspecified atom stereocenters. The van der Waals surface area contributed by atoms with Crippen LogP contribution in [0.25, 0.3) is 11.6 Å². The van der Waals surface area contributed by atoms with Crippen molar-refractivity contribution in [1.82, 2.24) is 4.98 Å². The van der Waals surface area contributed by atoms with Crippen LogP contribution in [0.2, 0.25) is 0 Å². The Balaban J connectivity index is 1.89. The minimum Gasteiger partial charge on any atom is -0.362 e. The Bertz CT molecular complexity index is 809. The lowest BCUT2D eigenvalue weighted by Crippen LogP contribution is -2.36. The van der Waals surface area contributed by atoms with Crippen LogP contribution in [-0.2, 0) is 4.79 Å². The molecule has 1 aromatic carbocycles. The zero-order valence-corrected chi connectivity index (χ0v) is 14.2. The zero-order chi connectivity index (χ0) is 17.8. The predicted octanol–water partition coefficient (Wildman–Crippen LogP) is 3.58. The highest BCUT2D eigenvalue weighted by atomic mass is 16.2. The molecule has 2 aromatic rings. The fourth-order valence-electron chi connectivity index (χ4n) is 2.97. The summed E-state index contributed by atoms with van der Waals surface area (Å²) in [4.78, 5) is 28.7. The number of nitrogens with one attached hydrogen (secondary N) is 2. The highest BCUT2D eigenvalue weighted by molar-refractivity contribution is 6.35. The number of aromatic nitrogens is 1. The number of aromatic amines is 1. The van der Waals surface area contributed by atoms with Gasteiger partial charge in [0.15, 0.2) is 0 Å². The van der Waals surface area contributed by atoms with Crippen LogP contribution in [0.4, 0.5) is 16.2 Å². The SMILES string of the molecule is CCCCCN(C(N)=O)c1ccc2c(c1)NC(=O)C2=Cc1ccc[nH]1. The van der Waals surface area contributed by atoms with Gasteiger partial charge in [-0.05, 0) is 36.8 Å². The predicted molar refractivity (Wildman–Crippen MR) is 100 cm³/mol. The maximum Gasteiger partial charge on any atom is 0.319 e. The maximum absolute atomic E-state index is 12.3. The molecule has 0 spiro atoms. The quantitative estimate of drug-likeness (QED) is 0.555. The first-order valence-electron chi connectivity index (χ1n) is 8.48. The third kappa shape index (κ3) is 3.57. The number of benzene rings is 1. The Labute approximate surface area is 146 Å². The van der Waals surface area contributed by atoms with E-state index in [0.717, 1.165) is 30.5 Å². The number of amides is 3. The Morgan fingerprint density at radius 1 is 1.28 bits per heavy atom. The van der Waals surface area contributed by atoms with Crippen molar-refractivity contribution in [1.29, 1.82) is 0 Å². The number of nitrogens with zero attached hydrogens (tertiary/aromatic N) is 1. The van der Waals surface area contributed by atoms with Crippen molar-refractivity contribution in [3.8, 4) is 0 Å². The number of urea groups is 1. The van der Waals surface area contributed by atoms with Gasteiger partial charge in [0.25, 0.3) is 5.91 Å². The number of carbonyl (C=O) groups is 2. The number of rotatable bonds is 6. The number of H-pyrrole nitrogens is 1. The van der Waals surface area contributed by atoms with Crippen LogP contribution in [0.15, 0.2) is 36.5 Å². The van der Waals surface area contributed by atoms with E-state index in [1.54, 1.807) is 11.0 Å². The first-order valence-corrected chi connectivity index (χ1v) is 8.48. The van der Waals surface area contributed by atoms with Crippen LogP contribution in [-0.4, -0.2) is 23.5 Å². The molecule has 0 aliphatic carbocycles. The monoisotopic (exact) mass is 338 g/mol. The van der Waals surface area contributed by atoms with E-state index in [0.29, 0.717) is 23.5 Å². The van der Waals surface area contributed by atoms with Crippen LogP contribution >= 0.6 is 0 Å². The average molecular weight is 338 g/mol. The third-order valence-corrected chi connectivity index (χ3v) is 4.27. The Hall–Kier alpha value is -3.02. The lowest BCUT2D eigenvalue weighted by molar-refractivity contribution is -0.110. The molecule has 6 nitrogen and oxygen atoms in total. The van der Waals surface area contributed by atoms with E-state index < -0.39 is 6.03 Å². The average Bonchev–Trinajstić information content (AvgIpc) is 3.19. The van der Waals surface area contributed by atoms with Gasteiger partial charge in [0.2, 0.25) is 0 Å². The largest absolute Gasteiger partial charge is 0.362 e. The van der Waals surface area contributed by atoms with Crippen LogP contribution in [0.1, 0.15) is 37.4 Å². The van der Waals surface area contributed by atoms with Gasteiger partial charge in [0.05, 0.1) is 11.3 Å². The summed E-state index contributed by atoms with van der Waals surface area (Å²) in [6, 6.07) is 8.78. The molecule has 1 aromatic heterocycles. The molecule has 0 radical (unpaired) electrons. The molecular weight excluding hydrogens is 316 g/mol. The molecule has 2 heterocycles. The van der Waals surface area contributed by atoms with Crippen LogP contribution in [0, 0.1) is 0 Å². The summed E-state index contributed by atoms with van der Waals surface area (Å²) in [5.74, 6) is -0.154. The second kappa shape index (κ2) is 7.25. The minimum absolute atomic E-state index is 0.154. The zero-order valence-electron chi connectivity index (χ0n) is 14.2. The van der Waals surface area contributed by atoms with E-state index in [9.17, 15) is 9.59 Å². The smallest absolute Gasteiger partial charge is 0.319 e. The second-order valence-corrected chi connectivity index (χ2v) is 6.06. The number of carbonyl (C=O) groups excluding carboxylic acids is 2. The minimum atomic E-state index is -0.484. The second-order valence-electron chi connectivity index (χ2n) is 6.06. The summed E-state index contributed by atoms with van der Waals surface area (Å²) in [7, 11) is 0. The summed E-state index contributed by atoms with van der Waals surface area (Å²) in [5.41, 5.74) is 9.20. The van der Waals surface area contributed by atoms with Gasteiger partial charge in [-0.15, -0.1) is 0 Å². The number of nitrogens with two attached hydrogens (primary N) is 1. The molecule has 1 aliphatic heterocycles. The van der Waals surface area contributed by atoms with Crippen molar-refractivity contribution >= 4 is 35.0 Å². The van der Waals surface area contributed by atoms with Gasteiger partial charge in [-0.1, -0.05) is 25.8 Å². The molecule has 130 valence electrons. The molecule has 0 saturated carbocycles. The molecular formula is C19H22N4O2. The summed E-state index contributed by atoms with van der Waals surface area (Å²) in [5, 5.41) is 2.86. The Kier molecular flexibility index (Phi) is 4.88. The Morgan fingerprint density at radius 3 is 2.80 bits per heavy atom. The molecule has 0 fully saturated rings. The lowest BCUT2D eigenvalue weighted by Gasteiger charge is -2.21. The van der Waals surface area contributed by atoms with Crippen LogP contribution in [0.5, 0.6) is 0 Å². The van der Waals surface area contributed by atoms with Gasteiger partial charge >= 0.3 is 6.03 Å². The number of unbranched alkanes of at least 4 members (excludes halogenated alkanes) is 2. The van der Waals surface area contributed by atoms with Crippen LogP contribution < -0.4 is 16.0 Å². The van der Waals surface area contributed by atoms with E-state index in [-0.39, 0.29) is 5.91 Å². The number of primary amides is 1. The van der Waals surface area contributed by atoms with Crippen LogP contribution in [0.3, 0.4) is 0 Å². The fourth-order valence-corrected chi connectivity index (χ4v) is 2.97. The lowest BCUT2D eigenvalue weighted by atomic mass is 10.1. The number of hydrogen-bond acceptors (Lipinski definition) is 2. The first-order chi connectivity index (χ1) is 12.1. The molecule has 4 N–H and O–H groups in total. The van der Waals surface area contributed by atoms with E-state index in [1.165, 1.54) is 0 Å². The van der Waals surface area contributed by atoms with E-state index in [2.05, 4.69) is 17.2 Å². The summed E-state index contributed by atoms with van der Waals surface area (Å²) in [6.07, 6.45) is 6.62. The molecule has 3 amide bonds. The fraction of sp³-hybridized carbons (Fsp3) is 0.263. The molecule has 6 heteroatoms. The number of fused-ring (bicyclic) bond motifs is 1. The van der Waals surface area contributed by atoms with Gasteiger partial charge in [-0.25, -0.2) is 4.79 Å². The molecule has 25 heavy (non-hydrogen) atoms. The first kappa shape index (κ1) is 16.8. The van der Waals surface area contributed by atoms with Crippen molar-refractivity contribution in [3.05, 3.63) is 47.8 Å². The highest BCUT2D eigenvalue weighted by Crippen LogP contribution is 2.35. The normalized spacial score (nSPS) is 14.4. The molecule has 0 atom stereocenters. The topological polar surface area (TPSA) is 91.2 Å². The van der Waals surface area contributed by atoms with E-state index in [4.69, 9.17) is 5.73 Å². The van der Waals surface area contributed by atoms with Crippen molar-refractivity contribution < 1.29 is 9.59 Å². The van der Waals surface area contributed by atoms with Gasteiger partial charge in [-0.2, -0.15) is 0 Å². The summed E-state index contributed by atoms with van der Waals surface area (Å²) < 4.78 is 0.